The van der Waals surface area contributed by atoms with Crippen molar-refractivity contribution < 1.29 is 9.18 Å². The van der Waals surface area contributed by atoms with Gasteiger partial charge in [-0.1, -0.05) is 12.1 Å². The van der Waals surface area contributed by atoms with E-state index in [1.807, 2.05) is 0 Å². The van der Waals surface area contributed by atoms with Crippen LogP contribution in [0.4, 0.5) is 4.39 Å². The summed E-state index contributed by atoms with van der Waals surface area (Å²) in [4.78, 5) is 12.2. The van der Waals surface area contributed by atoms with Crippen molar-refractivity contribution in [3.05, 3.63) is 34.6 Å². The molecule has 1 fully saturated rings. The zero-order chi connectivity index (χ0) is 15.4. The summed E-state index contributed by atoms with van der Waals surface area (Å²) in [6.45, 7) is 4.70. The number of aryl methyl sites for hydroxylation is 2. The Bertz CT molecular complexity index is 485. The summed E-state index contributed by atoms with van der Waals surface area (Å²) in [5, 5.41) is 2.98. The van der Waals surface area contributed by atoms with Crippen molar-refractivity contribution in [2.45, 2.75) is 46.1 Å². The number of benzene rings is 1. The molecule has 0 aromatic heterocycles. The maximum Gasteiger partial charge on any atom is 0.223 e. The summed E-state index contributed by atoms with van der Waals surface area (Å²) in [5.41, 5.74) is 7.88. The van der Waals surface area contributed by atoms with Crippen molar-refractivity contribution in [2.24, 2.45) is 17.6 Å². The minimum atomic E-state index is -0.162. The van der Waals surface area contributed by atoms with E-state index in [-0.39, 0.29) is 17.6 Å². The van der Waals surface area contributed by atoms with Crippen LogP contribution in [-0.2, 0) is 11.3 Å². The summed E-state index contributed by atoms with van der Waals surface area (Å²) >= 11 is 0. The van der Waals surface area contributed by atoms with Gasteiger partial charge >= 0.3 is 0 Å². The van der Waals surface area contributed by atoms with E-state index in [4.69, 9.17) is 5.73 Å². The Hall–Kier alpha value is -1.42. The number of rotatable bonds is 4. The first-order valence-corrected chi connectivity index (χ1v) is 7.74. The standard InChI is InChI=1S/C17H25FN2O/c1-11-7-14(8-12(2)16(11)18)10-20-17(21)15-5-3-13(9-19)4-6-15/h7-8,13,15H,3-6,9-10,19H2,1-2H3,(H,20,21). The number of amides is 1. The summed E-state index contributed by atoms with van der Waals surface area (Å²) < 4.78 is 13.6. The van der Waals surface area contributed by atoms with Crippen LogP contribution < -0.4 is 11.1 Å². The third-order valence-electron chi connectivity index (χ3n) is 4.51. The average molecular weight is 292 g/mol. The smallest absolute Gasteiger partial charge is 0.223 e. The molecule has 21 heavy (non-hydrogen) atoms. The van der Waals surface area contributed by atoms with Crippen LogP contribution in [0, 0.1) is 31.5 Å². The van der Waals surface area contributed by atoms with E-state index in [0.29, 0.717) is 23.6 Å². The van der Waals surface area contributed by atoms with E-state index in [2.05, 4.69) is 5.32 Å². The molecule has 0 atom stereocenters. The molecule has 1 aromatic carbocycles. The van der Waals surface area contributed by atoms with Crippen LogP contribution in [-0.4, -0.2) is 12.5 Å². The van der Waals surface area contributed by atoms with Crippen LogP contribution in [0.15, 0.2) is 12.1 Å². The summed E-state index contributed by atoms with van der Waals surface area (Å²) in [5.74, 6) is 0.641. The molecule has 1 saturated carbocycles. The second kappa shape index (κ2) is 7.03. The molecule has 3 nitrogen and oxygen atoms in total. The van der Waals surface area contributed by atoms with Crippen molar-refractivity contribution in [3.63, 3.8) is 0 Å². The highest BCUT2D eigenvalue weighted by Gasteiger charge is 2.25. The lowest BCUT2D eigenvalue weighted by Crippen LogP contribution is -2.34. The molecule has 1 amide bonds. The lowest BCUT2D eigenvalue weighted by molar-refractivity contribution is -0.126. The van der Waals surface area contributed by atoms with Crippen LogP contribution in [0.25, 0.3) is 0 Å². The number of carbonyl (C=O) groups excluding carboxylic acids is 1. The van der Waals surface area contributed by atoms with Gasteiger partial charge in [0.1, 0.15) is 5.82 Å². The first-order chi connectivity index (χ1) is 10.0. The van der Waals surface area contributed by atoms with E-state index >= 15 is 0 Å². The lowest BCUT2D eigenvalue weighted by atomic mass is 9.81. The van der Waals surface area contributed by atoms with E-state index in [9.17, 15) is 9.18 Å². The van der Waals surface area contributed by atoms with E-state index in [1.165, 1.54) is 0 Å². The molecule has 116 valence electrons. The molecule has 0 aliphatic heterocycles. The molecular formula is C17H25FN2O. The number of carbonyl (C=O) groups is 1. The second-order valence-electron chi connectivity index (χ2n) is 6.21. The van der Waals surface area contributed by atoms with E-state index < -0.39 is 0 Å². The molecule has 2 rings (SSSR count). The van der Waals surface area contributed by atoms with Gasteiger partial charge < -0.3 is 11.1 Å². The van der Waals surface area contributed by atoms with Crippen molar-refractivity contribution in [1.29, 1.82) is 0 Å². The minimum Gasteiger partial charge on any atom is -0.352 e. The Morgan fingerprint density at radius 3 is 2.33 bits per heavy atom. The van der Waals surface area contributed by atoms with Gasteiger partial charge in [0.2, 0.25) is 5.91 Å². The normalized spacial score (nSPS) is 22.1. The van der Waals surface area contributed by atoms with Crippen LogP contribution in [0.2, 0.25) is 0 Å². The van der Waals surface area contributed by atoms with Crippen LogP contribution >= 0.6 is 0 Å². The maximum absolute atomic E-state index is 13.6. The fraction of sp³-hybridized carbons (Fsp3) is 0.588. The fourth-order valence-electron chi connectivity index (χ4n) is 3.13. The van der Waals surface area contributed by atoms with Gasteiger partial charge in [0.25, 0.3) is 0 Å². The topological polar surface area (TPSA) is 55.1 Å². The molecule has 0 radical (unpaired) electrons. The summed E-state index contributed by atoms with van der Waals surface area (Å²) in [6, 6.07) is 3.60. The van der Waals surface area contributed by atoms with Gasteiger partial charge in [-0.25, -0.2) is 4.39 Å². The van der Waals surface area contributed by atoms with Gasteiger partial charge in [0.05, 0.1) is 0 Å². The number of halogens is 1. The Morgan fingerprint density at radius 1 is 1.24 bits per heavy atom. The Kier molecular flexibility index (Phi) is 5.34. The molecular weight excluding hydrogens is 267 g/mol. The quantitative estimate of drug-likeness (QED) is 0.896. The SMILES string of the molecule is Cc1cc(CNC(=O)C2CCC(CN)CC2)cc(C)c1F. The second-order valence-corrected chi connectivity index (χ2v) is 6.21. The average Bonchev–Trinajstić information content (AvgIpc) is 2.50. The van der Waals surface area contributed by atoms with E-state index in [0.717, 1.165) is 37.8 Å². The van der Waals surface area contributed by atoms with Gasteiger partial charge in [-0.2, -0.15) is 0 Å². The minimum absolute atomic E-state index is 0.107. The molecule has 0 bridgehead atoms. The van der Waals surface area contributed by atoms with Gasteiger partial charge in [-0.3, -0.25) is 4.79 Å². The van der Waals surface area contributed by atoms with Gasteiger partial charge in [-0.15, -0.1) is 0 Å². The molecule has 0 unspecified atom stereocenters. The number of hydrogen-bond acceptors (Lipinski definition) is 2. The van der Waals surface area contributed by atoms with Crippen molar-refractivity contribution in [2.75, 3.05) is 6.54 Å². The van der Waals surface area contributed by atoms with Crippen molar-refractivity contribution in [1.82, 2.24) is 5.32 Å². The maximum atomic E-state index is 13.6. The molecule has 1 aliphatic carbocycles. The molecule has 0 saturated heterocycles. The summed E-state index contributed by atoms with van der Waals surface area (Å²) in [7, 11) is 0. The molecule has 1 aliphatic rings. The summed E-state index contributed by atoms with van der Waals surface area (Å²) in [6.07, 6.45) is 3.94. The number of hydrogen-bond donors (Lipinski definition) is 2. The molecule has 3 N–H and O–H groups in total. The zero-order valence-electron chi connectivity index (χ0n) is 12.9. The zero-order valence-corrected chi connectivity index (χ0v) is 12.9. The Balaban J connectivity index is 1.87. The molecule has 1 aromatic rings. The molecule has 0 heterocycles. The van der Waals surface area contributed by atoms with Crippen LogP contribution in [0.1, 0.15) is 42.4 Å². The van der Waals surface area contributed by atoms with Crippen molar-refractivity contribution in [3.8, 4) is 0 Å². The molecule has 4 heteroatoms. The Morgan fingerprint density at radius 2 is 1.81 bits per heavy atom. The van der Waals surface area contributed by atoms with Gasteiger partial charge in [0.15, 0.2) is 0 Å². The van der Waals surface area contributed by atoms with Gasteiger partial charge in [0, 0.05) is 12.5 Å². The lowest BCUT2D eigenvalue weighted by Gasteiger charge is -2.26. The monoisotopic (exact) mass is 292 g/mol. The highest BCUT2D eigenvalue weighted by Crippen LogP contribution is 2.28. The third kappa shape index (κ3) is 4.03. The number of nitrogens with two attached hydrogens (primary N) is 1. The largest absolute Gasteiger partial charge is 0.352 e. The van der Waals surface area contributed by atoms with E-state index in [1.54, 1.807) is 26.0 Å². The Labute approximate surface area is 126 Å². The van der Waals surface area contributed by atoms with Crippen LogP contribution in [0.5, 0.6) is 0 Å². The predicted molar refractivity (Wildman–Crippen MR) is 82.2 cm³/mol. The van der Waals surface area contributed by atoms with Gasteiger partial charge in [-0.05, 0) is 68.7 Å². The highest BCUT2D eigenvalue weighted by molar-refractivity contribution is 5.78. The molecule has 0 spiro atoms. The third-order valence-corrected chi connectivity index (χ3v) is 4.51. The first-order valence-electron chi connectivity index (χ1n) is 7.74. The fourth-order valence-corrected chi connectivity index (χ4v) is 3.13. The van der Waals surface area contributed by atoms with Crippen molar-refractivity contribution >= 4 is 5.91 Å². The number of nitrogens with one attached hydrogen (secondary N) is 1. The highest BCUT2D eigenvalue weighted by atomic mass is 19.1. The first kappa shape index (κ1) is 16.0. The van der Waals surface area contributed by atoms with Crippen LogP contribution in [0.3, 0.4) is 0 Å². The predicted octanol–water partition coefficient (Wildman–Crippen LogP) is 2.82.